The van der Waals surface area contributed by atoms with Gasteiger partial charge in [0.1, 0.15) is 12.4 Å². The smallest absolute Gasteiger partial charge is 0.128 e. The Balaban J connectivity index is 2.15. The van der Waals surface area contributed by atoms with E-state index in [2.05, 4.69) is 36.3 Å². The Morgan fingerprint density at radius 3 is 2.38 bits per heavy atom. The van der Waals surface area contributed by atoms with Gasteiger partial charge in [-0.25, -0.2) is 0 Å². The summed E-state index contributed by atoms with van der Waals surface area (Å²) in [5.74, 6) is 0.732. The summed E-state index contributed by atoms with van der Waals surface area (Å²) in [6, 6.07) is 14.3. The second-order valence-electron chi connectivity index (χ2n) is 5.14. The van der Waals surface area contributed by atoms with Crippen molar-refractivity contribution in [1.82, 2.24) is 0 Å². The van der Waals surface area contributed by atoms with E-state index >= 15 is 0 Å². The summed E-state index contributed by atoms with van der Waals surface area (Å²) in [7, 11) is 0. The third kappa shape index (κ3) is 3.85. The minimum absolute atomic E-state index is 0.499. The van der Waals surface area contributed by atoms with Gasteiger partial charge >= 0.3 is 0 Å². The predicted molar refractivity (Wildman–Crippen MR) is 85.3 cm³/mol. The standard InChI is InChI=1S/C18H21NO2/c1-4-15-6-8-16(9-7-15)12-21-18-10-5-13(2)11-17(18)14(3)19-20/h5-11,20H,4,12H2,1-3H3. The molecule has 0 saturated carbocycles. The fourth-order valence-electron chi connectivity index (χ4n) is 2.14. The van der Waals surface area contributed by atoms with Crippen molar-refractivity contribution < 1.29 is 9.94 Å². The van der Waals surface area contributed by atoms with Crippen molar-refractivity contribution >= 4 is 5.71 Å². The molecule has 0 spiro atoms. The van der Waals surface area contributed by atoms with Gasteiger partial charge in [-0.3, -0.25) is 0 Å². The molecule has 0 aliphatic heterocycles. The highest BCUT2D eigenvalue weighted by molar-refractivity contribution is 6.00. The van der Waals surface area contributed by atoms with Gasteiger partial charge in [-0.05, 0) is 43.5 Å². The van der Waals surface area contributed by atoms with Crippen LogP contribution in [0.15, 0.2) is 47.6 Å². The van der Waals surface area contributed by atoms with Crippen LogP contribution in [0.1, 0.15) is 36.1 Å². The lowest BCUT2D eigenvalue weighted by Crippen LogP contribution is -2.03. The van der Waals surface area contributed by atoms with E-state index < -0.39 is 0 Å². The van der Waals surface area contributed by atoms with Crippen LogP contribution in [0.3, 0.4) is 0 Å². The van der Waals surface area contributed by atoms with Crippen molar-refractivity contribution in [2.24, 2.45) is 5.16 Å². The number of oxime groups is 1. The number of hydrogen-bond acceptors (Lipinski definition) is 3. The van der Waals surface area contributed by atoms with Gasteiger partial charge in [0.15, 0.2) is 0 Å². The molecule has 2 aromatic rings. The molecule has 0 aliphatic carbocycles. The van der Waals surface area contributed by atoms with E-state index in [1.165, 1.54) is 5.56 Å². The van der Waals surface area contributed by atoms with Crippen LogP contribution >= 0.6 is 0 Å². The monoisotopic (exact) mass is 283 g/mol. The molecule has 0 aromatic heterocycles. The molecule has 21 heavy (non-hydrogen) atoms. The normalized spacial score (nSPS) is 11.5. The molecule has 110 valence electrons. The van der Waals surface area contributed by atoms with Crippen LogP contribution in [0.25, 0.3) is 0 Å². The largest absolute Gasteiger partial charge is 0.488 e. The number of ether oxygens (including phenoxy) is 1. The lowest BCUT2D eigenvalue weighted by molar-refractivity contribution is 0.303. The van der Waals surface area contributed by atoms with Crippen LogP contribution in [0, 0.1) is 6.92 Å². The van der Waals surface area contributed by atoms with Crippen LogP contribution < -0.4 is 4.74 Å². The molecular formula is C18H21NO2. The zero-order chi connectivity index (χ0) is 15.2. The fourth-order valence-corrected chi connectivity index (χ4v) is 2.14. The van der Waals surface area contributed by atoms with E-state index in [4.69, 9.17) is 9.94 Å². The summed E-state index contributed by atoms with van der Waals surface area (Å²) in [6.07, 6.45) is 1.04. The second kappa shape index (κ2) is 6.93. The van der Waals surface area contributed by atoms with E-state index in [1.54, 1.807) is 6.92 Å². The topological polar surface area (TPSA) is 41.8 Å². The molecule has 3 nitrogen and oxygen atoms in total. The van der Waals surface area contributed by atoms with Crippen molar-refractivity contribution in [2.75, 3.05) is 0 Å². The summed E-state index contributed by atoms with van der Waals surface area (Å²) in [5, 5.41) is 12.3. The van der Waals surface area contributed by atoms with Crippen molar-refractivity contribution in [3.05, 3.63) is 64.7 Å². The summed E-state index contributed by atoms with van der Waals surface area (Å²) in [6.45, 7) is 6.40. The SMILES string of the molecule is CCc1ccc(COc2ccc(C)cc2C(C)=NO)cc1. The lowest BCUT2D eigenvalue weighted by atomic mass is 10.1. The van der Waals surface area contributed by atoms with Gasteiger partial charge in [-0.15, -0.1) is 0 Å². The maximum Gasteiger partial charge on any atom is 0.128 e. The van der Waals surface area contributed by atoms with Crippen molar-refractivity contribution in [3.63, 3.8) is 0 Å². The minimum Gasteiger partial charge on any atom is -0.488 e. The summed E-state index contributed by atoms with van der Waals surface area (Å²) >= 11 is 0. The maximum absolute atomic E-state index is 8.98. The van der Waals surface area contributed by atoms with Gasteiger partial charge in [0.2, 0.25) is 0 Å². The highest BCUT2D eigenvalue weighted by Crippen LogP contribution is 2.22. The van der Waals surface area contributed by atoms with E-state index in [9.17, 15) is 0 Å². The molecule has 0 aliphatic rings. The zero-order valence-corrected chi connectivity index (χ0v) is 12.8. The predicted octanol–water partition coefficient (Wildman–Crippen LogP) is 4.33. The van der Waals surface area contributed by atoms with Gasteiger partial charge in [0, 0.05) is 5.56 Å². The van der Waals surface area contributed by atoms with Crippen molar-refractivity contribution in [1.29, 1.82) is 0 Å². The average Bonchev–Trinajstić information content (AvgIpc) is 2.53. The Bertz CT molecular complexity index is 630. The number of hydrogen-bond donors (Lipinski definition) is 1. The van der Waals surface area contributed by atoms with Crippen LogP contribution in [0.4, 0.5) is 0 Å². The third-order valence-corrected chi connectivity index (χ3v) is 3.50. The molecule has 0 fully saturated rings. The van der Waals surface area contributed by atoms with Crippen molar-refractivity contribution in [2.45, 2.75) is 33.8 Å². The molecule has 0 unspecified atom stereocenters. The molecule has 0 radical (unpaired) electrons. The molecule has 0 atom stereocenters. The molecule has 1 N–H and O–H groups in total. The lowest BCUT2D eigenvalue weighted by Gasteiger charge is -2.12. The molecule has 3 heteroatoms. The molecular weight excluding hydrogens is 262 g/mol. The van der Waals surface area contributed by atoms with Crippen molar-refractivity contribution in [3.8, 4) is 5.75 Å². The first kappa shape index (κ1) is 15.1. The summed E-state index contributed by atoms with van der Waals surface area (Å²) in [4.78, 5) is 0. The molecule has 0 bridgehead atoms. The van der Waals surface area contributed by atoms with Crippen LogP contribution in [-0.2, 0) is 13.0 Å². The van der Waals surface area contributed by atoms with E-state index in [-0.39, 0.29) is 0 Å². The van der Waals surface area contributed by atoms with Gasteiger partial charge in [0.25, 0.3) is 0 Å². The number of benzene rings is 2. The quantitative estimate of drug-likeness (QED) is 0.504. The van der Waals surface area contributed by atoms with Gasteiger partial charge in [-0.2, -0.15) is 0 Å². The molecule has 0 saturated heterocycles. The first-order valence-electron chi connectivity index (χ1n) is 7.14. The Hall–Kier alpha value is -2.29. The van der Waals surface area contributed by atoms with Gasteiger partial charge in [-0.1, -0.05) is 48.0 Å². The zero-order valence-electron chi connectivity index (χ0n) is 12.8. The Morgan fingerprint density at radius 2 is 1.76 bits per heavy atom. The first-order valence-corrected chi connectivity index (χ1v) is 7.14. The van der Waals surface area contributed by atoms with E-state index in [0.717, 1.165) is 28.9 Å². The fraction of sp³-hybridized carbons (Fsp3) is 0.278. The summed E-state index contributed by atoms with van der Waals surface area (Å²) < 4.78 is 5.88. The number of aryl methyl sites for hydroxylation is 2. The van der Waals surface area contributed by atoms with Gasteiger partial charge in [0.05, 0.1) is 5.71 Å². The van der Waals surface area contributed by atoms with E-state index in [1.807, 2.05) is 25.1 Å². The summed E-state index contributed by atoms with van der Waals surface area (Å²) in [5.41, 5.74) is 4.92. The molecule has 0 heterocycles. The van der Waals surface area contributed by atoms with Crippen LogP contribution in [0.2, 0.25) is 0 Å². The Morgan fingerprint density at radius 1 is 1.10 bits per heavy atom. The molecule has 2 rings (SSSR count). The maximum atomic E-state index is 8.98. The van der Waals surface area contributed by atoms with E-state index in [0.29, 0.717) is 12.3 Å². The highest BCUT2D eigenvalue weighted by atomic mass is 16.5. The minimum atomic E-state index is 0.499. The molecule has 2 aromatic carbocycles. The second-order valence-corrected chi connectivity index (χ2v) is 5.14. The number of rotatable bonds is 5. The molecule has 0 amide bonds. The Kier molecular flexibility index (Phi) is 4.99. The number of nitrogens with zero attached hydrogens (tertiary/aromatic N) is 1. The van der Waals surface area contributed by atoms with Crippen LogP contribution in [-0.4, -0.2) is 10.9 Å². The first-order chi connectivity index (χ1) is 10.1. The third-order valence-electron chi connectivity index (χ3n) is 3.50. The van der Waals surface area contributed by atoms with Gasteiger partial charge < -0.3 is 9.94 Å². The Labute approximate surface area is 125 Å². The van der Waals surface area contributed by atoms with Crippen LogP contribution in [0.5, 0.6) is 5.75 Å². The average molecular weight is 283 g/mol. The highest BCUT2D eigenvalue weighted by Gasteiger charge is 2.08.